The Kier molecular flexibility index (Phi) is 3.95. The summed E-state index contributed by atoms with van der Waals surface area (Å²) in [7, 11) is 0. The van der Waals surface area contributed by atoms with Gasteiger partial charge in [0.2, 0.25) is 0 Å². The molecule has 9 nitrogen and oxygen atoms in total. The second kappa shape index (κ2) is 5.61. The number of hydrogen-bond acceptors (Lipinski definition) is 5. The van der Waals surface area contributed by atoms with Crippen molar-refractivity contribution in [3.05, 3.63) is 40.0 Å². The van der Waals surface area contributed by atoms with Gasteiger partial charge in [0.15, 0.2) is 0 Å². The number of carboxylic acids is 3. The van der Waals surface area contributed by atoms with Crippen molar-refractivity contribution in [3.63, 3.8) is 0 Å². The van der Waals surface area contributed by atoms with Crippen LogP contribution in [0.4, 0.5) is 5.69 Å². The number of hydrogen-bond donors (Lipinski definition) is 3. The van der Waals surface area contributed by atoms with Crippen molar-refractivity contribution >= 4 is 35.4 Å². The summed E-state index contributed by atoms with van der Waals surface area (Å²) in [6.45, 7) is 2.75. The Morgan fingerprint density at radius 3 is 1.50 bits per heavy atom. The molecule has 2 rings (SSSR count). The standard InChI is InChI=1S/C15H11NO8/c1-5-6(2)12(18)16(11(5)17)10-4-8(14(21)22)7(13(19)20)3-9(10)15(23)24/h3-4H,1-2H3,(H,19,20)(H,21,22)(H,23,24). The number of imide groups is 1. The summed E-state index contributed by atoms with van der Waals surface area (Å²) in [5.41, 5.74) is -2.46. The van der Waals surface area contributed by atoms with Gasteiger partial charge in [-0.25, -0.2) is 19.3 Å². The molecular formula is C15H11NO8. The number of anilines is 1. The van der Waals surface area contributed by atoms with Crippen LogP contribution in [0, 0.1) is 0 Å². The predicted octanol–water partition coefficient (Wildman–Crippen LogP) is 0.991. The Labute approximate surface area is 134 Å². The van der Waals surface area contributed by atoms with E-state index in [9.17, 15) is 29.1 Å². The van der Waals surface area contributed by atoms with Gasteiger partial charge in [-0.3, -0.25) is 9.59 Å². The maximum Gasteiger partial charge on any atom is 0.337 e. The van der Waals surface area contributed by atoms with E-state index in [4.69, 9.17) is 10.2 Å². The number of rotatable bonds is 4. The van der Waals surface area contributed by atoms with Crippen LogP contribution in [0.15, 0.2) is 23.3 Å². The highest BCUT2D eigenvalue weighted by molar-refractivity contribution is 6.33. The molecule has 0 saturated heterocycles. The Morgan fingerprint density at radius 2 is 1.12 bits per heavy atom. The minimum atomic E-state index is -1.65. The van der Waals surface area contributed by atoms with Crippen LogP contribution in [-0.2, 0) is 9.59 Å². The molecule has 0 unspecified atom stereocenters. The minimum absolute atomic E-state index is 0.0931. The lowest BCUT2D eigenvalue weighted by Gasteiger charge is -2.19. The van der Waals surface area contributed by atoms with Crippen LogP contribution < -0.4 is 4.90 Å². The second-order valence-electron chi connectivity index (χ2n) is 5.03. The smallest absolute Gasteiger partial charge is 0.337 e. The molecule has 3 N–H and O–H groups in total. The summed E-state index contributed by atoms with van der Waals surface area (Å²) in [4.78, 5) is 58.7. The Balaban J connectivity index is 2.79. The Hall–Kier alpha value is -3.49. The molecule has 9 heteroatoms. The quantitative estimate of drug-likeness (QED) is 0.690. The number of benzene rings is 1. The van der Waals surface area contributed by atoms with E-state index in [1.165, 1.54) is 13.8 Å². The molecule has 0 atom stereocenters. The highest BCUT2D eigenvalue weighted by Crippen LogP contribution is 2.32. The Morgan fingerprint density at radius 1 is 0.750 bits per heavy atom. The van der Waals surface area contributed by atoms with E-state index in [0.717, 1.165) is 0 Å². The van der Waals surface area contributed by atoms with Crippen LogP contribution in [0.2, 0.25) is 0 Å². The molecule has 1 aromatic rings. The average Bonchev–Trinajstić information content (AvgIpc) is 2.69. The topological polar surface area (TPSA) is 149 Å². The van der Waals surface area contributed by atoms with Gasteiger partial charge in [0.1, 0.15) is 0 Å². The van der Waals surface area contributed by atoms with Gasteiger partial charge in [-0.05, 0) is 26.0 Å². The van der Waals surface area contributed by atoms with Gasteiger partial charge >= 0.3 is 17.9 Å². The van der Waals surface area contributed by atoms with Gasteiger partial charge in [0.25, 0.3) is 11.8 Å². The van der Waals surface area contributed by atoms with E-state index in [2.05, 4.69) is 0 Å². The maximum absolute atomic E-state index is 12.2. The molecule has 0 bridgehead atoms. The van der Waals surface area contributed by atoms with Crippen LogP contribution in [-0.4, -0.2) is 45.0 Å². The van der Waals surface area contributed by atoms with E-state index in [0.29, 0.717) is 17.0 Å². The number of nitrogens with zero attached hydrogens (tertiary/aromatic N) is 1. The lowest BCUT2D eigenvalue weighted by atomic mass is 10.0. The number of carbonyl (C=O) groups is 5. The number of amides is 2. The van der Waals surface area contributed by atoms with Gasteiger partial charge in [0, 0.05) is 11.1 Å². The summed E-state index contributed by atoms with van der Waals surface area (Å²) in [5, 5.41) is 27.5. The van der Waals surface area contributed by atoms with Crippen molar-refractivity contribution in [1.82, 2.24) is 0 Å². The van der Waals surface area contributed by atoms with Crippen molar-refractivity contribution < 1.29 is 39.3 Å². The molecule has 124 valence electrons. The largest absolute Gasteiger partial charge is 0.478 e. The molecule has 1 aliphatic heterocycles. The highest BCUT2D eigenvalue weighted by Gasteiger charge is 2.38. The predicted molar refractivity (Wildman–Crippen MR) is 78.2 cm³/mol. The molecule has 2 amide bonds. The van der Waals surface area contributed by atoms with Crippen molar-refractivity contribution in [2.24, 2.45) is 0 Å². The summed E-state index contributed by atoms with van der Waals surface area (Å²) in [5.74, 6) is -6.47. The van der Waals surface area contributed by atoms with Gasteiger partial charge < -0.3 is 15.3 Å². The van der Waals surface area contributed by atoms with Crippen molar-refractivity contribution in [2.75, 3.05) is 4.90 Å². The summed E-state index contributed by atoms with van der Waals surface area (Å²) in [6, 6.07) is 1.32. The van der Waals surface area contributed by atoms with Crippen LogP contribution in [0.3, 0.4) is 0 Å². The van der Waals surface area contributed by atoms with E-state index >= 15 is 0 Å². The molecule has 0 aromatic heterocycles. The summed E-state index contributed by atoms with van der Waals surface area (Å²) in [6.07, 6.45) is 0. The lowest BCUT2D eigenvalue weighted by molar-refractivity contribution is -0.120. The lowest BCUT2D eigenvalue weighted by Crippen LogP contribution is -2.33. The van der Waals surface area contributed by atoms with E-state index in [-0.39, 0.29) is 11.1 Å². The number of carbonyl (C=O) groups excluding carboxylic acids is 2. The molecule has 1 aliphatic rings. The summed E-state index contributed by atoms with van der Waals surface area (Å²) < 4.78 is 0. The third-order valence-corrected chi connectivity index (χ3v) is 3.68. The average molecular weight is 333 g/mol. The first-order chi connectivity index (χ1) is 11.1. The van der Waals surface area contributed by atoms with Gasteiger partial charge in [-0.1, -0.05) is 0 Å². The van der Waals surface area contributed by atoms with E-state index in [1.54, 1.807) is 0 Å². The van der Waals surface area contributed by atoms with Crippen molar-refractivity contribution in [2.45, 2.75) is 13.8 Å². The Bertz CT molecular complexity index is 840. The fourth-order valence-corrected chi connectivity index (χ4v) is 2.27. The molecule has 0 radical (unpaired) electrons. The monoisotopic (exact) mass is 333 g/mol. The fraction of sp³-hybridized carbons (Fsp3) is 0.133. The molecule has 24 heavy (non-hydrogen) atoms. The van der Waals surface area contributed by atoms with E-state index < -0.39 is 52.1 Å². The first kappa shape index (κ1) is 16.9. The molecule has 0 fully saturated rings. The summed E-state index contributed by atoms with van der Waals surface area (Å²) >= 11 is 0. The first-order valence-electron chi connectivity index (χ1n) is 6.52. The van der Waals surface area contributed by atoms with Crippen LogP contribution in [0.5, 0.6) is 0 Å². The van der Waals surface area contributed by atoms with Crippen LogP contribution in [0.1, 0.15) is 44.9 Å². The number of carboxylic acid groups (broad SMARTS) is 3. The zero-order valence-electron chi connectivity index (χ0n) is 12.5. The van der Waals surface area contributed by atoms with Gasteiger partial charge in [0.05, 0.1) is 22.4 Å². The zero-order chi connectivity index (χ0) is 18.3. The van der Waals surface area contributed by atoms with Crippen LogP contribution >= 0.6 is 0 Å². The van der Waals surface area contributed by atoms with Gasteiger partial charge in [-0.2, -0.15) is 0 Å². The second-order valence-corrected chi connectivity index (χ2v) is 5.03. The molecule has 1 aromatic carbocycles. The highest BCUT2D eigenvalue weighted by atomic mass is 16.4. The minimum Gasteiger partial charge on any atom is -0.478 e. The van der Waals surface area contributed by atoms with Crippen molar-refractivity contribution in [3.8, 4) is 0 Å². The first-order valence-corrected chi connectivity index (χ1v) is 6.52. The van der Waals surface area contributed by atoms with Crippen molar-refractivity contribution in [1.29, 1.82) is 0 Å². The normalized spacial score (nSPS) is 14.3. The molecule has 0 aliphatic carbocycles. The van der Waals surface area contributed by atoms with Gasteiger partial charge in [-0.15, -0.1) is 0 Å². The maximum atomic E-state index is 12.2. The SMILES string of the molecule is CC1=C(C)C(=O)N(c2cc(C(=O)O)c(C(=O)O)cc2C(=O)O)C1=O. The zero-order valence-corrected chi connectivity index (χ0v) is 12.5. The molecule has 1 heterocycles. The molecule has 0 spiro atoms. The molecule has 0 saturated carbocycles. The van der Waals surface area contributed by atoms with E-state index in [1.807, 2.05) is 0 Å². The number of aromatic carboxylic acids is 3. The van der Waals surface area contributed by atoms with Crippen LogP contribution in [0.25, 0.3) is 0 Å². The third-order valence-electron chi connectivity index (χ3n) is 3.68. The fourth-order valence-electron chi connectivity index (χ4n) is 2.27. The third kappa shape index (κ3) is 2.41. The molecular weight excluding hydrogens is 322 g/mol.